The Morgan fingerprint density at radius 1 is 0.370 bits per heavy atom. The van der Waals surface area contributed by atoms with Crippen LogP contribution in [0.15, 0.2) is 205 Å². The predicted molar refractivity (Wildman–Crippen MR) is 223 cm³/mol. The summed E-state index contributed by atoms with van der Waals surface area (Å²) >= 11 is 0. The smallest absolute Gasteiger partial charge is 0.160 e. The molecule has 0 radical (unpaired) electrons. The van der Waals surface area contributed by atoms with E-state index in [4.69, 9.17) is 14.4 Å². The Labute approximate surface area is 313 Å². The van der Waals surface area contributed by atoms with Gasteiger partial charge in [0.05, 0.1) is 11.2 Å². The third-order valence-electron chi connectivity index (χ3n) is 10.1. The Hall–Kier alpha value is -7.30. The van der Waals surface area contributed by atoms with Crippen LogP contribution in [0.1, 0.15) is 0 Å². The fourth-order valence-corrected chi connectivity index (χ4v) is 7.49. The summed E-state index contributed by atoms with van der Waals surface area (Å²) in [6.45, 7) is 0. The standard InChI is InChI=1S/C50H33N3O/c1-4-14-34(15-5-1)36-26-28-39(29-27-36)53(40-21-12-20-38(32-40)35-16-6-2-7-17-35)41-30-31-43-47(33-41)54-46-25-13-23-44(48(43)46)49-42-22-10-11-24-45(42)51-50(52-49)37-18-8-3-9-19-37/h1-33H. The van der Waals surface area contributed by atoms with Gasteiger partial charge in [0.15, 0.2) is 5.82 Å². The van der Waals surface area contributed by atoms with Crippen molar-refractivity contribution in [1.82, 2.24) is 9.97 Å². The minimum Gasteiger partial charge on any atom is -0.456 e. The molecule has 0 spiro atoms. The molecule has 8 aromatic carbocycles. The summed E-state index contributed by atoms with van der Waals surface area (Å²) < 4.78 is 6.70. The molecule has 0 saturated carbocycles. The highest BCUT2D eigenvalue weighted by molar-refractivity contribution is 6.15. The van der Waals surface area contributed by atoms with Crippen LogP contribution < -0.4 is 4.90 Å². The summed E-state index contributed by atoms with van der Waals surface area (Å²) in [7, 11) is 0. The van der Waals surface area contributed by atoms with Crippen LogP contribution in [-0.4, -0.2) is 9.97 Å². The topological polar surface area (TPSA) is 42.2 Å². The van der Waals surface area contributed by atoms with Crippen molar-refractivity contribution < 1.29 is 4.42 Å². The second kappa shape index (κ2) is 13.4. The van der Waals surface area contributed by atoms with Crippen LogP contribution in [0.3, 0.4) is 0 Å². The van der Waals surface area contributed by atoms with E-state index in [-0.39, 0.29) is 0 Å². The quantitative estimate of drug-likeness (QED) is 0.167. The van der Waals surface area contributed by atoms with Gasteiger partial charge in [-0.1, -0.05) is 146 Å². The average molecular weight is 692 g/mol. The van der Waals surface area contributed by atoms with E-state index in [9.17, 15) is 0 Å². The molecule has 0 saturated heterocycles. The van der Waals surface area contributed by atoms with Crippen LogP contribution in [0.25, 0.3) is 77.7 Å². The summed E-state index contributed by atoms with van der Waals surface area (Å²) in [5.41, 5.74) is 13.2. The maximum atomic E-state index is 6.70. The molecule has 0 unspecified atom stereocenters. The van der Waals surface area contributed by atoms with Gasteiger partial charge in [-0.2, -0.15) is 0 Å². The minimum atomic E-state index is 0.697. The third kappa shape index (κ3) is 5.67. The van der Waals surface area contributed by atoms with Crippen LogP contribution in [-0.2, 0) is 0 Å². The van der Waals surface area contributed by atoms with Crippen LogP contribution in [0, 0.1) is 0 Å². The average Bonchev–Trinajstić information content (AvgIpc) is 3.63. The van der Waals surface area contributed by atoms with Gasteiger partial charge >= 0.3 is 0 Å². The summed E-state index contributed by atoms with van der Waals surface area (Å²) in [6.07, 6.45) is 0. The van der Waals surface area contributed by atoms with Crippen LogP contribution in [0.2, 0.25) is 0 Å². The van der Waals surface area contributed by atoms with Crippen molar-refractivity contribution in [2.75, 3.05) is 4.90 Å². The number of fused-ring (bicyclic) bond motifs is 4. The van der Waals surface area contributed by atoms with Crippen molar-refractivity contribution in [3.8, 4) is 44.9 Å². The zero-order valence-corrected chi connectivity index (χ0v) is 29.3. The maximum Gasteiger partial charge on any atom is 0.160 e. The van der Waals surface area contributed by atoms with Crippen LogP contribution in [0.5, 0.6) is 0 Å². The fraction of sp³-hybridized carbons (Fsp3) is 0. The lowest BCUT2D eigenvalue weighted by atomic mass is 9.99. The van der Waals surface area contributed by atoms with Crippen molar-refractivity contribution in [3.05, 3.63) is 200 Å². The number of furan rings is 1. The van der Waals surface area contributed by atoms with Crippen molar-refractivity contribution >= 4 is 49.9 Å². The second-order valence-corrected chi connectivity index (χ2v) is 13.4. The highest BCUT2D eigenvalue weighted by Gasteiger charge is 2.20. The van der Waals surface area contributed by atoms with Gasteiger partial charge in [0.2, 0.25) is 0 Å². The number of anilines is 3. The van der Waals surface area contributed by atoms with Gasteiger partial charge in [-0.05, 0) is 70.8 Å². The van der Waals surface area contributed by atoms with E-state index < -0.39 is 0 Å². The van der Waals surface area contributed by atoms with E-state index in [1.165, 1.54) is 16.7 Å². The molecular weight excluding hydrogens is 659 g/mol. The van der Waals surface area contributed by atoms with Crippen molar-refractivity contribution in [2.45, 2.75) is 0 Å². The maximum absolute atomic E-state index is 6.70. The SMILES string of the molecule is c1ccc(-c2ccc(N(c3cccc(-c4ccccc4)c3)c3ccc4c(c3)oc3cccc(-c5nc(-c6ccccc6)nc6ccccc56)c34)cc2)cc1. The first kappa shape index (κ1) is 31.4. The molecule has 0 aliphatic heterocycles. The molecule has 0 bridgehead atoms. The second-order valence-electron chi connectivity index (χ2n) is 13.4. The number of para-hydroxylation sites is 1. The molecule has 10 aromatic rings. The summed E-state index contributed by atoms with van der Waals surface area (Å²) in [5.74, 6) is 0.697. The summed E-state index contributed by atoms with van der Waals surface area (Å²) in [5, 5.41) is 3.07. The predicted octanol–water partition coefficient (Wildman–Crippen LogP) is 13.7. The first-order valence-corrected chi connectivity index (χ1v) is 18.2. The summed E-state index contributed by atoms with van der Waals surface area (Å²) in [4.78, 5) is 12.5. The molecule has 54 heavy (non-hydrogen) atoms. The number of hydrogen-bond donors (Lipinski definition) is 0. The number of nitrogens with zero attached hydrogens (tertiary/aromatic N) is 3. The lowest BCUT2D eigenvalue weighted by Gasteiger charge is -2.26. The van der Waals surface area contributed by atoms with Crippen molar-refractivity contribution in [3.63, 3.8) is 0 Å². The molecule has 4 heteroatoms. The molecular formula is C50H33N3O. The van der Waals surface area contributed by atoms with Crippen LogP contribution in [0.4, 0.5) is 17.1 Å². The monoisotopic (exact) mass is 691 g/mol. The van der Waals surface area contributed by atoms with Gasteiger partial charge in [-0.15, -0.1) is 0 Å². The van der Waals surface area contributed by atoms with Gasteiger partial charge < -0.3 is 9.32 Å². The third-order valence-corrected chi connectivity index (χ3v) is 10.1. The van der Waals surface area contributed by atoms with Gasteiger partial charge in [-0.3, -0.25) is 0 Å². The normalized spacial score (nSPS) is 11.3. The molecule has 2 heterocycles. The molecule has 4 nitrogen and oxygen atoms in total. The molecule has 10 rings (SSSR count). The first-order valence-electron chi connectivity index (χ1n) is 18.2. The highest BCUT2D eigenvalue weighted by Crippen LogP contribution is 2.43. The van der Waals surface area contributed by atoms with E-state index in [1.807, 2.05) is 42.5 Å². The van der Waals surface area contributed by atoms with E-state index in [1.54, 1.807) is 0 Å². The molecule has 0 amide bonds. The van der Waals surface area contributed by atoms with Crippen LogP contribution >= 0.6 is 0 Å². The summed E-state index contributed by atoms with van der Waals surface area (Å²) in [6, 6.07) is 69.7. The Bertz CT molecular complexity index is 2920. The Morgan fingerprint density at radius 2 is 0.963 bits per heavy atom. The largest absolute Gasteiger partial charge is 0.456 e. The zero-order chi connectivity index (χ0) is 35.8. The van der Waals surface area contributed by atoms with Gasteiger partial charge in [0.1, 0.15) is 11.2 Å². The number of aromatic nitrogens is 2. The van der Waals surface area contributed by atoms with Crippen molar-refractivity contribution in [2.24, 2.45) is 0 Å². The lowest BCUT2D eigenvalue weighted by Crippen LogP contribution is -2.10. The number of hydrogen-bond acceptors (Lipinski definition) is 4. The van der Waals surface area contributed by atoms with E-state index in [0.717, 1.165) is 72.3 Å². The van der Waals surface area contributed by atoms with E-state index in [0.29, 0.717) is 5.82 Å². The Balaban J connectivity index is 1.14. The van der Waals surface area contributed by atoms with Gasteiger partial charge in [0.25, 0.3) is 0 Å². The zero-order valence-electron chi connectivity index (χ0n) is 29.3. The number of rotatable bonds is 7. The molecule has 0 aliphatic rings. The highest BCUT2D eigenvalue weighted by atomic mass is 16.3. The molecule has 0 aliphatic carbocycles. The van der Waals surface area contributed by atoms with Gasteiger partial charge in [0, 0.05) is 50.4 Å². The fourth-order valence-electron chi connectivity index (χ4n) is 7.49. The molecule has 0 N–H and O–H groups in total. The number of benzene rings is 8. The molecule has 2 aromatic heterocycles. The lowest BCUT2D eigenvalue weighted by molar-refractivity contribution is 0.669. The van der Waals surface area contributed by atoms with E-state index in [2.05, 4.69) is 163 Å². The van der Waals surface area contributed by atoms with Gasteiger partial charge in [-0.25, -0.2) is 9.97 Å². The Kier molecular flexibility index (Phi) is 7.77. The molecule has 0 fully saturated rings. The minimum absolute atomic E-state index is 0.697. The van der Waals surface area contributed by atoms with E-state index >= 15 is 0 Å². The van der Waals surface area contributed by atoms with Crippen molar-refractivity contribution in [1.29, 1.82) is 0 Å². The first-order chi connectivity index (χ1) is 26.8. The Morgan fingerprint density at radius 3 is 1.72 bits per heavy atom. The molecule has 0 atom stereocenters. The molecule has 254 valence electrons.